The van der Waals surface area contributed by atoms with Crippen LogP contribution in [0.1, 0.15) is 0 Å². The van der Waals surface area contributed by atoms with Crippen LogP contribution in [-0.4, -0.2) is 14.2 Å². The van der Waals surface area contributed by atoms with Crippen molar-refractivity contribution in [1.29, 1.82) is 0 Å². The Morgan fingerprint density at radius 3 is 1.96 bits per heavy atom. The molecule has 0 unspecified atom stereocenters. The van der Waals surface area contributed by atoms with Crippen LogP contribution in [-0.2, 0) is 0 Å². The molecular formula is C24H18O2. The molecule has 0 spiro atoms. The highest BCUT2D eigenvalue weighted by atomic mass is 16.5. The zero-order valence-corrected chi connectivity index (χ0v) is 14.7. The van der Waals surface area contributed by atoms with E-state index in [9.17, 15) is 0 Å². The van der Waals surface area contributed by atoms with Crippen molar-refractivity contribution in [3.05, 3.63) is 72.8 Å². The van der Waals surface area contributed by atoms with Gasteiger partial charge in [-0.1, -0.05) is 60.7 Å². The van der Waals surface area contributed by atoms with Crippen molar-refractivity contribution < 1.29 is 9.47 Å². The Kier molecular flexibility index (Phi) is 3.26. The molecule has 0 aliphatic carbocycles. The summed E-state index contributed by atoms with van der Waals surface area (Å²) in [5.41, 5.74) is 0. The monoisotopic (exact) mass is 338 g/mol. The van der Waals surface area contributed by atoms with E-state index in [-0.39, 0.29) is 0 Å². The molecule has 2 heteroatoms. The summed E-state index contributed by atoms with van der Waals surface area (Å²) < 4.78 is 11.3. The van der Waals surface area contributed by atoms with Crippen LogP contribution in [0.3, 0.4) is 0 Å². The number of hydrogen-bond acceptors (Lipinski definition) is 2. The van der Waals surface area contributed by atoms with Gasteiger partial charge in [-0.15, -0.1) is 0 Å². The summed E-state index contributed by atoms with van der Waals surface area (Å²) in [5.74, 6) is 1.67. The maximum atomic E-state index is 5.70. The average Bonchev–Trinajstić information content (AvgIpc) is 2.71. The highest BCUT2D eigenvalue weighted by Crippen LogP contribution is 2.43. The molecule has 0 amide bonds. The minimum atomic E-state index is 0.832. The number of ether oxygens (including phenoxy) is 2. The summed E-state index contributed by atoms with van der Waals surface area (Å²) in [6.07, 6.45) is 0. The van der Waals surface area contributed by atoms with Crippen molar-refractivity contribution in [2.24, 2.45) is 0 Å². The van der Waals surface area contributed by atoms with Crippen molar-refractivity contribution >= 4 is 43.1 Å². The van der Waals surface area contributed by atoms with E-state index in [2.05, 4.69) is 60.7 Å². The molecule has 0 saturated heterocycles. The van der Waals surface area contributed by atoms with E-state index in [0.29, 0.717) is 0 Å². The van der Waals surface area contributed by atoms with Crippen LogP contribution in [0, 0.1) is 0 Å². The van der Waals surface area contributed by atoms with Gasteiger partial charge in [0.1, 0.15) is 11.5 Å². The lowest BCUT2D eigenvalue weighted by Gasteiger charge is -2.15. The van der Waals surface area contributed by atoms with Crippen molar-refractivity contribution in [2.45, 2.75) is 0 Å². The smallest absolute Gasteiger partial charge is 0.131 e. The molecule has 0 radical (unpaired) electrons. The van der Waals surface area contributed by atoms with E-state index >= 15 is 0 Å². The van der Waals surface area contributed by atoms with E-state index in [0.717, 1.165) is 22.3 Å². The van der Waals surface area contributed by atoms with Crippen LogP contribution in [0.15, 0.2) is 72.8 Å². The molecule has 0 bridgehead atoms. The number of rotatable bonds is 2. The third kappa shape index (κ3) is 1.99. The van der Waals surface area contributed by atoms with Gasteiger partial charge >= 0.3 is 0 Å². The Morgan fingerprint density at radius 1 is 0.500 bits per heavy atom. The van der Waals surface area contributed by atoms with Crippen molar-refractivity contribution in [1.82, 2.24) is 0 Å². The predicted molar refractivity (Wildman–Crippen MR) is 110 cm³/mol. The van der Waals surface area contributed by atoms with E-state index in [4.69, 9.17) is 9.47 Å². The minimum Gasteiger partial charge on any atom is -0.496 e. The molecule has 0 N–H and O–H groups in total. The fourth-order valence-electron chi connectivity index (χ4n) is 4.06. The first-order valence-electron chi connectivity index (χ1n) is 8.69. The molecule has 0 aliphatic heterocycles. The lowest BCUT2D eigenvalue weighted by Crippen LogP contribution is -1.92. The third-order valence-electron chi connectivity index (χ3n) is 5.21. The second-order valence-corrected chi connectivity index (χ2v) is 6.51. The standard InChI is InChI=1S/C24H18O2/c1-25-20-9-5-8-19-23-17(14-21(26-2)24(19)20)13-12-16-11-10-15-6-3-4-7-18(15)22(16)23/h3-14H,1-2H3. The number of methoxy groups -OCH3 is 2. The predicted octanol–water partition coefficient (Wildman–Crippen LogP) is 6.32. The molecule has 0 heterocycles. The van der Waals surface area contributed by atoms with E-state index in [1.54, 1.807) is 14.2 Å². The van der Waals surface area contributed by atoms with Crippen LogP contribution < -0.4 is 9.47 Å². The first-order chi connectivity index (χ1) is 12.8. The molecule has 0 fully saturated rings. The summed E-state index contributed by atoms with van der Waals surface area (Å²) in [6, 6.07) is 25.6. The third-order valence-corrected chi connectivity index (χ3v) is 5.21. The normalized spacial score (nSPS) is 11.5. The molecule has 0 atom stereocenters. The Hall–Kier alpha value is -3.26. The summed E-state index contributed by atoms with van der Waals surface area (Å²) in [6.45, 7) is 0. The minimum absolute atomic E-state index is 0.832. The highest BCUT2D eigenvalue weighted by Gasteiger charge is 2.15. The molecule has 5 aromatic rings. The molecule has 0 saturated carbocycles. The summed E-state index contributed by atoms with van der Waals surface area (Å²) in [7, 11) is 3.42. The van der Waals surface area contributed by atoms with Crippen LogP contribution in [0.5, 0.6) is 11.5 Å². The van der Waals surface area contributed by atoms with Crippen molar-refractivity contribution in [3.8, 4) is 11.5 Å². The molecule has 26 heavy (non-hydrogen) atoms. The Bertz CT molecular complexity index is 1300. The topological polar surface area (TPSA) is 18.5 Å². The lowest BCUT2D eigenvalue weighted by molar-refractivity contribution is 0.405. The van der Waals surface area contributed by atoms with Crippen molar-refractivity contribution in [2.75, 3.05) is 14.2 Å². The number of hydrogen-bond donors (Lipinski definition) is 0. The van der Waals surface area contributed by atoms with Gasteiger partial charge in [-0.25, -0.2) is 0 Å². The molecule has 0 aliphatic rings. The maximum absolute atomic E-state index is 5.70. The summed E-state index contributed by atoms with van der Waals surface area (Å²) >= 11 is 0. The Labute approximate surface area is 151 Å². The van der Waals surface area contributed by atoms with Crippen LogP contribution >= 0.6 is 0 Å². The zero-order chi connectivity index (χ0) is 17.7. The van der Waals surface area contributed by atoms with Crippen LogP contribution in [0.2, 0.25) is 0 Å². The average molecular weight is 338 g/mol. The fourth-order valence-corrected chi connectivity index (χ4v) is 4.06. The van der Waals surface area contributed by atoms with Gasteiger partial charge < -0.3 is 9.47 Å². The maximum Gasteiger partial charge on any atom is 0.131 e. The Morgan fingerprint density at radius 2 is 1.15 bits per heavy atom. The molecule has 5 aromatic carbocycles. The molecule has 0 aromatic heterocycles. The largest absolute Gasteiger partial charge is 0.496 e. The van der Waals surface area contributed by atoms with E-state index in [1.165, 1.54) is 32.3 Å². The molecular weight excluding hydrogens is 320 g/mol. The first kappa shape index (κ1) is 15.0. The van der Waals surface area contributed by atoms with Gasteiger partial charge in [-0.05, 0) is 49.8 Å². The SMILES string of the molecule is COc1cccc2c1c(OC)cc1ccc3ccc4ccccc4c3c12. The molecule has 5 rings (SSSR count). The second kappa shape index (κ2) is 5.63. The zero-order valence-electron chi connectivity index (χ0n) is 14.7. The van der Waals surface area contributed by atoms with Gasteiger partial charge in [-0.2, -0.15) is 0 Å². The van der Waals surface area contributed by atoms with Gasteiger partial charge in [0.2, 0.25) is 0 Å². The van der Waals surface area contributed by atoms with Gasteiger partial charge in [0.05, 0.1) is 19.6 Å². The van der Waals surface area contributed by atoms with Gasteiger partial charge in [0.25, 0.3) is 0 Å². The van der Waals surface area contributed by atoms with Gasteiger partial charge in [0, 0.05) is 0 Å². The van der Waals surface area contributed by atoms with Gasteiger partial charge in [-0.3, -0.25) is 0 Å². The Balaban J connectivity index is 2.14. The first-order valence-corrected chi connectivity index (χ1v) is 8.69. The molecule has 2 nitrogen and oxygen atoms in total. The van der Waals surface area contributed by atoms with E-state index < -0.39 is 0 Å². The van der Waals surface area contributed by atoms with E-state index in [1.807, 2.05) is 12.1 Å². The van der Waals surface area contributed by atoms with Crippen LogP contribution in [0.4, 0.5) is 0 Å². The van der Waals surface area contributed by atoms with Crippen molar-refractivity contribution in [3.63, 3.8) is 0 Å². The number of fused-ring (bicyclic) bond motifs is 7. The lowest BCUT2D eigenvalue weighted by atomic mass is 9.92. The molecule has 126 valence electrons. The fraction of sp³-hybridized carbons (Fsp3) is 0.0833. The van der Waals surface area contributed by atoms with Crippen LogP contribution in [0.25, 0.3) is 43.1 Å². The number of benzene rings is 5. The summed E-state index contributed by atoms with van der Waals surface area (Å²) in [4.78, 5) is 0. The summed E-state index contributed by atoms with van der Waals surface area (Å²) in [5, 5.41) is 9.63. The van der Waals surface area contributed by atoms with Gasteiger partial charge in [0.15, 0.2) is 0 Å². The quantitative estimate of drug-likeness (QED) is 0.351. The highest BCUT2D eigenvalue weighted by molar-refractivity contribution is 6.28. The second-order valence-electron chi connectivity index (χ2n) is 6.51.